The summed E-state index contributed by atoms with van der Waals surface area (Å²) in [6.07, 6.45) is 0. The molecule has 29 heavy (non-hydrogen) atoms. The summed E-state index contributed by atoms with van der Waals surface area (Å²) in [5.74, 6) is -5.73. The largest absolute Gasteiger partial charge is 0.345 e. The van der Waals surface area contributed by atoms with Crippen molar-refractivity contribution in [1.29, 1.82) is 0 Å². The summed E-state index contributed by atoms with van der Waals surface area (Å²) in [5.41, 5.74) is 0.160. The Bertz CT molecular complexity index is 1060. The number of hydrogen-bond donors (Lipinski definition) is 2. The van der Waals surface area contributed by atoms with E-state index < -0.39 is 41.5 Å². The van der Waals surface area contributed by atoms with Gasteiger partial charge in [-0.25, -0.2) is 13.2 Å². The van der Waals surface area contributed by atoms with Crippen molar-refractivity contribution in [3.8, 4) is 11.4 Å². The van der Waals surface area contributed by atoms with Crippen molar-refractivity contribution in [3.05, 3.63) is 58.3 Å². The third-order valence-corrected chi connectivity index (χ3v) is 4.12. The van der Waals surface area contributed by atoms with Crippen molar-refractivity contribution in [3.63, 3.8) is 0 Å². The van der Waals surface area contributed by atoms with Gasteiger partial charge in [0, 0.05) is 10.0 Å². The first-order valence-corrected chi connectivity index (χ1v) is 8.86. The lowest BCUT2D eigenvalue weighted by Crippen LogP contribution is -2.35. The van der Waals surface area contributed by atoms with Gasteiger partial charge in [0.25, 0.3) is 0 Å². The number of aromatic nitrogens is 4. The zero-order valence-corrected chi connectivity index (χ0v) is 16.1. The Hall–Kier alpha value is -3.28. The molecule has 8 nitrogen and oxygen atoms in total. The van der Waals surface area contributed by atoms with E-state index in [4.69, 9.17) is 0 Å². The van der Waals surface area contributed by atoms with Crippen LogP contribution in [0.1, 0.15) is 0 Å². The van der Waals surface area contributed by atoms with E-state index in [1.165, 1.54) is 0 Å². The molecule has 0 aliphatic carbocycles. The Kier molecular flexibility index (Phi) is 6.22. The lowest BCUT2D eigenvalue weighted by atomic mass is 10.2. The van der Waals surface area contributed by atoms with Crippen LogP contribution < -0.4 is 10.6 Å². The molecule has 0 aliphatic heterocycles. The van der Waals surface area contributed by atoms with Crippen LogP contribution in [0.15, 0.2) is 40.9 Å². The van der Waals surface area contributed by atoms with Crippen molar-refractivity contribution in [2.45, 2.75) is 6.54 Å². The number of nitrogens with zero attached hydrogens (tertiary/aromatic N) is 4. The zero-order valence-electron chi connectivity index (χ0n) is 14.5. The molecule has 150 valence electrons. The number of anilines is 1. The van der Waals surface area contributed by atoms with E-state index in [2.05, 4.69) is 36.7 Å². The Morgan fingerprint density at radius 1 is 1.00 bits per heavy atom. The Morgan fingerprint density at radius 2 is 1.72 bits per heavy atom. The van der Waals surface area contributed by atoms with Crippen LogP contribution >= 0.6 is 15.9 Å². The topological polar surface area (TPSA) is 102 Å². The first-order valence-electron chi connectivity index (χ1n) is 8.07. The molecule has 2 aromatic carbocycles. The molecular weight excluding hydrogens is 457 g/mol. The Morgan fingerprint density at radius 3 is 2.45 bits per heavy atom. The van der Waals surface area contributed by atoms with Crippen molar-refractivity contribution in [2.75, 3.05) is 11.9 Å². The maximum absolute atomic E-state index is 13.5. The van der Waals surface area contributed by atoms with E-state index in [1.54, 1.807) is 24.3 Å². The molecule has 0 bridgehead atoms. The second-order valence-electron chi connectivity index (χ2n) is 5.70. The quantitative estimate of drug-likeness (QED) is 0.540. The van der Waals surface area contributed by atoms with Crippen molar-refractivity contribution in [2.24, 2.45) is 0 Å². The van der Waals surface area contributed by atoms with Crippen molar-refractivity contribution < 1.29 is 22.8 Å². The van der Waals surface area contributed by atoms with E-state index >= 15 is 0 Å². The summed E-state index contributed by atoms with van der Waals surface area (Å²) in [6, 6.07) is 8.69. The van der Waals surface area contributed by atoms with E-state index in [9.17, 15) is 22.8 Å². The second kappa shape index (κ2) is 8.82. The average Bonchev–Trinajstić information content (AvgIpc) is 3.16. The predicted octanol–water partition coefficient (Wildman–Crippen LogP) is 2.27. The summed E-state index contributed by atoms with van der Waals surface area (Å²) < 4.78 is 40.4. The van der Waals surface area contributed by atoms with Gasteiger partial charge in [-0.1, -0.05) is 15.9 Å². The van der Waals surface area contributed by atoms with Gasteiger partial charge >= 0.3 is 0 Å². The molecule has 0 atom stereocenters. The number of hydrogen-bond acceptors (Lipinski definition) is 5. The maximum atomic E-state index is 13.5. The summed E-state index contributed by atoms with van der Waals surface area (Å²) >= 11 is 3.31. The monoisotopic (exact) mass is 468 g/mol. The standard InChI is InChI=1S/C17H12BrF3N6O2/c18-10-3-1-9(2-4-10)17-24-26-27(25-17)8-14(29)22-7-13(28)23-12-6-5-11(19)15(20)16(12)21/h1-6H,7-8H2,(H,22,29)(H,23,28). The lowest BCUT2D eigenvalue weighted by molar-refractivity contribution is -0.124. The van der Waals surface area contributed by atoms with E-state index in [1.807, 2.05) is 5.32 Å². The minimum Gasteiger partial charge on any atom is -0.345 e. The van der Waals surface area contributed by atoms with Crippen LogP contribution in [0, 0.1) is 17.5 Å². The SMILES string of the molecule is O=C(Cn1nnc(-c2ccc(Br)cc2)n1)NCC(=O)Nc1ccc(F)c(F)c1F. The number of tetrazole rings is 1. The number of halogens is 4. The van der Waals surface area contributed by atoms with Gasteiger partial charge in [0.15, 0.2) is 17.5 Å². The van der Waals surface area contributed by atoms with Gasteiger partial charge in [0.1, 0.15) is 6.54 Å². The van der Waals surface area contributed by atoms with Crippen LogP contribution in [0.25, 0.3) is 11.4 Å². The lowest BCUT2D eigenvalue weighted by Gasteiger charge is -2.08. The first-order chi connectivity index (χ1) is 13.8. The van der Waals surface area contributed by atoms with Gasteiger partial charge in [0.05, 0.1) is 12.2 Å². The normalized spacial score (nSPS) is 10.6. The average molecular weight is 469 g/mol. The van der Waals surface area contributed by atoms with Crippen LogP contribution in [0.3, 0.4) is 0 Å². The Balaban J connectivity index is 1.52. The first kappa shape index (κ1) is 20.5. The Labute approximate surface area is 170 Å². The number of benzene rings is 2. The third-order valence-electron chi connectivity index (χ3n) is 3.60. The molecule has 2 N–H and O–H groups in total. The summed E-state index contributed by atoms with van der Waals surface area (Å²) in [6.45, 7) is -0.831. The summed E-state index contributed by atoms with van der Waals surface area (Å²) in [4.78, 5) is 24.7. The van der Waals surface area contributed by atoms with Gasteiger partial charge < -0.3 is 10.6 Å². The number of amides is 2. The molecule has 0 unspecified atom stereocenters. The van der Waals surface area contributed by atoms with Gasteiger partial charge in [0.2, 0.25) is 17.6 Å². The fraction of sp³-hybridized carbons (Fsp3) is 0.118. The van der Waals surface area contributed by atoms with Gasteiger partial charge in [-0.3, -0.25) is 9.59 Å². The van der Waals surface area contributed by atoms with E-state index in [0.29, 0.717) is 17.5 Å². The maximum Gasteiger partial charge on any atom is 0.244 e. The minimum absolute atomic E-state index is 0.309. The van der Waals surface area contributed by atoms with Crippen molar-refractivity contribution >= 4 is 33.4 Å². The van der Waals surface area contributed by atoms with Crippen LogP contribution in [0.4, 0.5) is 18.9 Å². The third kappa shape index (κ3) is 5.16. The van der Waals surface area contributed by atoms with E-state index in [0.717, 1.165) is 15.3 Å². The fourth-order valence-corrected chi connectivity index (χ4v) is 2.47. The van der Waals surface area contributed by atoms with Gasteiger partial charge in [-0.05, 0) is 41.6 Å². The highest BCUT2D eigenvalue weighted by atomic mass is 79.9. The molecule has 12 heteroatoms. The van der Waals surface area contributed by atoms with Gasteiger partial charge in [-0.15, -0.1) is 10.2 Å². The number of carbonyl (C=O) groups is 2. The van der Waals surface area contributed by atoms with Crippen LogP contribution in [0.5, 0.6) is 0 Å². The van der Waals surface area contributed by atoms with Gasteiger partial charge in [-0.2, -0.15) is 4.80 Å². The van der Waals surface area contributed by atoms with Crippen molar-refractivity contribution in [1.82, 2.24) is 25.5 Å². The molecule has 0 saturated heterocycles. The zero-order chi connectivity index (χ0) is 21.0. The molecule has 2 amide bonds. The number of nitrogens with one attached hydrogen (secondary N) is 2. The number of carbonyl (C=O) groups excluding carboxylic acids is 2. The number of rotatable bonds is 6. The molecule has 0 spiro atoms. The second-order valence-corrected chi connectivity index (χ2v) is 6.61. The molecule has 0 aliphatic rings. The molecule has 3 rings (SSSR count). The fourth-order valence-electron chi connectivity index (χ4n) is 2.20. The molecule has 1 heterocycles. The minimum atomic E-state index is -1.70. The highest BCUT2D eigenvalue weighted by Crippen LogP contribution is 2.19. The van der Waals surface area contributed by atoms with Crippen LogP contribution in [0.2, 0.25) is 0 Å². The van der Waals surface area contributed by atoms with Crippen LogP contribution in [-0.2, 0) is 16.1 Å². The highest BCUT2D eigenvalue weighted by Gasteiger charge is 2.16. The molecule has 0 fully saturated rings. The predicted molar refractivity (Wildman–Crippen MR) is 98.9 cm³/mol. The summed E-state index contributed by atoms with van der Waals surface area (Å²) in [5, 5.41) is 16.0. The smallest absolute Gasteiger partial charge is 0.244 e. The van der Waals surface area contributed by atoms with E-state index in [-0.39, 0.29) is 6.54 Å². The molecule has 0 saturated carbocycles. The van der Waals surface area contributed by atoms with Crippen LogP contribution in [-0.4, -0.2) is 38.6 Å². The molecular formula is C17H12BrF3N6O2. The summed E-state index contributed by atoms with van der Waals surface area (Å²) in [7, 11) is 0. The molecule has 3 aromatic rings. The molecule has 0 radical (unpaired) electrons. The highest BCUT2D eigenvalue weighted by molar-refractivity contribution is 9.10. The molecule has 1 aromatic heterocycles.